The molecule has 6 heteroatoms. The first kappa shape index (κ1) is 14.0. The lowest BCUT2D eigenvalue weighted by molar-refractivity contribution is -0.116. The van der Waals surface area contributed by atoms with Gasteiger partial charge in [-0.15, -0.1) is 0 Å². The zero-order valence-corrected chi connectivity index (χ0v) is 11.9. The van der Waals surface area contributed by atoms with Crippen LogP contribution in [0.4, 0.5) is 15.8 Å². The van der Waals surface area contributed by atoms with Gasteiger partial charge in [0.15, 0.2) is 0 Å². The van der Waals surface area contributed by atoms with Gasteiger partial charge in [-0.3, -0.25) is 4.79 Å². The molecule has 0 unspecified atom stereocenters. The molecule has 1 amide bonds. The molecule has 0 atom stereocenters. The highest BCUT2D eigenvalue weighted by Crippen LogP contribution is 2.28. The van der Waals surface area contributed by atoms with Gasteiger partial charge in [0.05, 0.1) is 21.5 Å². The van der Waals surface area contributed by atoms with Crippen LogP contribution in [0.15, 0.2) is 12.1 Å². The maximum atomic E-state index is 13.5. The smallest absolute Gasteiger partial charge is 0.236 e. The van der Waals surface area contributed by atoms with Crippen LogP contribution >= 0.6 is 22.6 Å². The number of benzene rings is 1. The summed E-state index contributed by atoms with van der Waals surface area (Å²) in [6, 6.07) is 2.88. The Morgan fingerprint density at radius 3 is 2.59 bits per heavy atom. The minimum atomic E-state index is -0.475. The molecular formula is C11H15FIN3O. The standard InChI is InChI=1S/C11H15FIN3O/c1-6(2)16(5-11(15)17)10-3-7(12)8(13)4-9(10)14/h3-4,6H,5,14H2,1-2H3,(H2,15,17). The first-order valence-electron chi connectivity index (χ1n) is 5.12. The van der Waals surface area contributed by atoms with Crippen LogP contribution in [-0.4, -0.2) is 18.5 Å². The summed E-state index contributed by atoms with van der Waals surface area (Å²) in [6.45, 7) is 3.79. The predicted octanol–water partition coefficient (Wildman–Crippen LogP) is 1.71. The number of carbonyl (C=O) groups is 1. The number of hydrogen-bond acceptors (Lipinski definition) is 3. The number of hydrogen-bond donors (Lipinski definition) is 2. The van der Waals surface area contributed by atoms with Gasteiger partial charge in [0, 0.05) is 12.1 Å². The molecule has 0 aliphatic heterocycles. The minimum Gasteiger partial charge on any atom is -0.397 e. The molecule has 0 aliphatic rings. The van der Waals surface area contributed by atoms with Gasteiger partial charge in [-0.05, 0) is 42.5 Å². The fourth-order valence-corrected chi connectivity index (χ4v) is 2.01. The Morgan fingerprint density at radius 2 is 2.12 bits per heavy atom. The van der Waals surface area contributed by atoms with E-state index in [1.165, 1.54) is 6.07 Å². The molecule has 0 fully saturated rings. The molecule has 0 bridgehead atoms. The van der Waals surface area contributed by atoms with Gasteiger partial charge < -0.3 is 16.4 Å². The van der Waals surface area contributed by atoms with Crippen molar-refractivity contribution in [2.75, 3.05) is 17.2 Å². The third-order valence-electron chi connectivity index (χ3n) is 2.33. The van der Waals surface area contributed by atoms with Gasteiger partial charge in [-0.2, -0.15) is 0 Å². The van der Waals surface area contributed by atoms with Crippen molar-refractivity contribution >= 4 is 39.9 Å². The van der Waals surface area contributed by atoms with Crippen LogP contribution in [0.3, 0.4) is 0 Å². The number of rotatable bonds is 4. The van der Waals surface area contributed by atoms with Gasteiger partial charge in [-0.1, -0.05) is 0 Å². The molecule has 1 aromatic rings. The average molecular weight is 351 g/mol. The maximum absolute atomic E-state index is 13.5. The number of nitrogen functional groups attached to an aromatic ring is 1. The van der Waals surface area contributed by atoms with Gasteiger partial charge in [0.25, 0.3) is 0 Å². The van der Waals surface area contributed by atoms with Crippen LogP contribution in [0, 0.1) is 9.39 Å². The third-order valence-corrected chi connectivity index (χ3v) is 3.16. The lowest BCUT2D eigenvalue weighted by atomic mass is 10.2. The van der Waals surface area contributed by atoms with E-state index < -0.39 is 5.91 Å². The summed E-state index contributed by atoms with van der Waals surface area (Å²) in [7, 11) is 0. The number of anilines is 2. The average Bonchev–Trinajstić information content (AvgIpc) is 2.20. The van der Waals surface area contributed by atoms with Crippen LogP contribution in [0.25, 0.3) is 0 Å². The van der Waals surface area contributed by atoms with Crippen molar-refractivity contribution in [2.24, 2.45) is 5.73 Å². The maximum Gasteiger partial charge on any atom is 0.236 e. The Hall–Kier alpha value is -1.05. The predicted molar refractivity (Wildman–Crippen MR) is 75.2 cm³/mol. The second-order valence-corrected chi connectivity index (χ2v) is 5.18. The summed E-state index contributed by atoms with van der Waals surface area (Å²) in [6.07, 6.45) is 0. The van der Waals surface area contributed by atoms with Crippen LogP contribution in [-0.2, 0) is 4.79 Å². The van der Waals surface area contributed by atoms with Crippen molar-refractivity contribution in [1.29, 1.82) is 0 Å². The Kier molecular flexibility index (Phi) is 4.55. The molecule has 0 heterocycles. The van der Waals surface area contributed by atoms with Crippen molar-refractivity contribution in [3.8, 4) is 0 Å². The Bertz CT molecular complexity index is 437. The Balaban J connectivity index is 3.18. The third kappa shape index (κ3) is 3.45. The van der Waals surface area contributed by atoms with E-state index in [2.05, 4.69) is 0 Å². The fourth-order valence-electron chi connectivity index (χ4n) is 1.51. The minimum absolute atomic E-state index is 0.00395. The molecule has 17 heavy (non-hydrogen) atoms. The van der Waals surface area contributed by atoms with Crippen molar-refractivity contribution in [2.45, 2.75) is 19.9 Å². The Labute approximate surface area is 113 Å². The summed E-state index contributed by atoms with van der Waals surface area (Å²) in [5.41, 5.74) is 11.9. The van der Waals surface area contributed by atoms with Crippen molar-refractivity contribution in [3.63, 3.8) is 0 Å². The summed E-state index contributed by atoms with van der Waals surface area (Å²) < 4.78 is 14.0. The molecule has 4 nitrogen and oxygen atoms in total. The van der Waals surface area contributed by atoms with Crippen molar-refractivity contribution in [1.82, 2.24) is 0 Å². The highest BCUT2D eigenvalue weighted by atomic mass is 127. The van der Waals surface area contributed by atoms with Gasteiger partial charge in [-0.25, -0.2) is 4.39 Å². The molecule has 0 spiro atoms. The summed E-state index contributed by atoms with van der Waals surface area (Å²) >= 11 is 1.87. The van der Waals surface area contributed by atoms with E-state index in [9.17, 15) is 9.18 Å². The molecule has 1 rings (SSSR count). The van der Waals surface area contributed by atoms with Gasteiger partial charge >= 0.3 is 0 Å². The molecular weight excluding hydrogens is 336 g/mol. The van der Waals surface area contributed by atoms with Crippen molar-refractivity contribution < 1.29 is 9.18 Å². The monoisotopic (exact) mass is 351 g/mol. The quantitative estimate of drug-likeness (QED) is 0.641. The van der Waals surface area contributed by atoms with E-state index in [1.54, 1.807) is 11.0 Å². The molecule has 94 valence electrons. The van der Waals surface area contributed by atoms with Crippen LogP contribution < -0.4 is 16.4 Å². The summed E-state index contributed by atoms with van der Waals surface area (Å²) in [5.74, 6) is -0.832. The van der Waals surface area contributed by atoms with Crippen molar-refractivity contribution in [3.05, 3.63) is 21.5 Å². The number of primary amides is 1. The van der Waals surface area contributed by atoms with E-state index in [1.807, 2.05) is 36.4 Å². The zero-order chi connectivity index (χ0) is 13.2. The van der Waals surface area contributed by atoms with E-state index in [-0.39, 0.29) is 18.4 Å². The van der Waals surface area contributed by atoms with E-state index in [0.29, 0.717) is 14.9 Å². The summed E-state index contributed by atoms with van der Waals surface area (Å²) in [4.78, 5) is 12.7. The molecule has 0 saturated carbocycles. The van der Waals surface area contributed by atoms with Gasteiger partial charge in [0.2, 0.25) is 5.91 Å². The van der Waals surface area contributed by atoms with Gasteiger partial charge in [0.1, 0.15) is 5.82 Å². The lowest BCUT2D eigenvalue weighted by Gasteiger charge is -2.29. The highest BCUT2D eigenvalue weighted by Gasteiger charge is 2.17. The normalized spacial score (nSPS) is 10.6. The number of nitrogens with two attached hydrogens (primary N) is 2. The molecule has 0 aromatic heterocycles. The van der Waals surface area contributed by atoms with Crippen LogP contribution in [0.2, 0.25) is 0 Å². The highest BCUT2D eigenvalue weighted by molar-refractivity contribution is 14.1. The largest absolute Gasteiger partial charge is 0.397 e. The zero-order valence-electron chi connectivity index (χ0n) is 9.71. The first-order valence-corrected chi connectivity index (χ1v) is 6.20. The number of amides is 1. The van der Waals surface area contributed by atoms with Crippen LogP contribution in [0.5, 0.6) is 0 Å². The second kappa shape index (κ2) is 5.52. The van der Waals surface area contributed by atoms with Crippen LogP contribution in [0.1, 0.15) is 13.8 Å². The molecule has 0 saturated heterocycles. The Morgan fingerprint density at radius 1 is 1.53 bits per heavy atom. The van der Waals surface area contributed by atoms with E-state index >= 15 is 0 Å². The topological polar surface area (TPSA) is 72.3 Å². The molecule has 4 N–H and O–H groups in total. The van der Waals surface area contributed by atoms with E-state index in [4.69, 9.17) is 11.5 Å². The van der Waals surface area contributed by atoms with E-state index in [0.717, 1.165) is 0 Å². The number of carbonyl (C=O) groups excluding carboxylic acids is 1. The number of nitrogens with zero attached hydrogens (tertiary/aromatic N) is 1. The number of halogens is 2. The second-order valence-electron chi connectivity index (χ2n) is 4.01. The first-order chi connectivity index (χ1) is 7.82. The lowest BCUT2D eigenvalue weighted by Crippen LogP contribution is -2.39. The summed E-state index contributed by atoms with van der Waals surface area (Å²) in [5, 5.41) is 0. The molecule has 0 aliphatic carbocycles. The molecule has 0 radical (unpaired) electrons. The molecule has 1 aromatic carbocycles. The fraction of sp³-hybridized carbons (Fsp3) is 0.364. The SMILES string of the molecule is CC(C)N(CC(N)=O)c1cc(F)c(I)cc1N.